The predicted octanol–water partition coefficient (Wildman–Crippen LogP) is 5.16. The Hall–Kier alpha value is -0.910. The Kier molecular flexibility index (Phi) is 7.07. The summed E-state index contributed by atoms with van der Waals surface area (Å²) in [6.45, 7) is 12.7. The van der Waals surface area contributed by atoms with E-state index in [0.29, 0.717) is 43.9 Å². The summed E-state index contributed by atoms with van der Waals surface area (Å²) in [7, 11) is 0. The molecule has 4 rings (SSSR count). The zero-order chi connectivity index (χ0) is 25.1. The Balaban J connectivity index is 1.65. The number of allylic oxidation sites excluding steroid dienone is 1. The van der Waals surface area contributed by atoms with Crippen molar-refractivity contribution in [3.63, 3.8) is 0 Å². The van der Waals surface area contributed by atoms with Crippen LogP contribution in [0.4, 0.5) is 0 Å². The first-order chi connectivity index (χ1) is 15.8. The zero-order valence-electron chi connectivity index (χ0n) is 22.3. The summed E-state index contributed by atoms with van der Waals surface area (Å²) < 4.78 is 5.51. The van der Waals surface area contributed by atoms with Gasteiger partial charge in [0.15, 0.2) is 0 Å². The number of carbonyl (C=O) groups excluding carboxylic acids is 1. The predicted molar refractivity (Wildman–Crippen MR) is 133 cm³/mol. The molecular weight excluding hydrogens is 428 g/mol. The topological polar surface area (TPSA) is 87.0 Å². The minimum absolute atomic E-state index is 0.00103. The average Bonchev–Trinajstić information content (AvgIpc) is 3.05. The van der Waals surface area contributed by atoms with Gasteiger partial charge in [0.05, 0.1) is 12.2 Å². The SMILES string of the molecule is CC(=O)O[C@H]1CC[C@@]2(C)C(C1)C[C@@H](O)C1=C3CC[C@H]([C@H](C)CCCC(C)C)[C@@]3(C)C[C@@H](O)[C@@]12O. The van der Waals surface area contributed by atoms with E-state index in [0.717, 1.165) is 24.3 Å². The number of hydrogen-bond acceptors (Lipinski definition) is 5. The third-order valence-corrected chi connectivity index (χ3v) is 10.7. The number of aliphatic hydroxyl groups excluding tert-OH is 2. The molecule has 9 atom stereocenters. The van der Waals surface area contributed by atoms with E-state index in [1.165, 1.54) is 31.8 Å². The number of ether oxygens (including phenoxy) is 1. The first-order valence-electron chi connectivity index (χ1n) is 13.8. The van der Waals surface area contributed by atoms with Crippen molar-refractivity contribution in [3.8, 4) is 0 Å². The zero-order valence-corrected chi connectivity index (χ0v) is 22.3. The van der Waals surface area contributed by atoms with E-state index in [2.05, 4.69) is 34.6 Å². The summed E-state index contributed by atoms with van der Waals surface area (Å²) in [6.07, 6.45) is 6.96. The highest BCUT2D eigenvalue weighted by Crippen LogP contribution is 2.67. The van der Waals surface area contributed by atoms with Crippen LogP contribution >= 0.6 is 0 Å². The lowest BCUT2D eigenvalue weighted by molar-refractivity contribution is -0.216. The Morgan fingerprint density at radius 1 is 1.12 bits per heavy atom. The van der Waals surface area contributed by atoms with Gasteiger partial charge in [-0.25, -0.2) is 0 Å². The molecule has 3 saturated carbocycles. The summed E-state index contributed by atoms with van der Waals surface area (Å²) in [5.74, 6) is 1.47. The maximum Gasteiger partial charge on any atom is 0.302 e. The van der Waals surface area contributed by atoms with Gasteiger partial charge < -0.3 is 20.1 Å². The van der Waals surface area contributed by atoms with Gasteiger partial charge in [0, 0.05) is 12.3 Å². The fourth-order valence-electron chi connectivity index (χ4n) is 8.86. The van der Waals surface area contributed by atoms with Crippen molar-refractivity contribution in [2.24, 2.45) is 34.5 Å². The van der Waals surface area contributed by atoms with Gasteiger partial charge in [-0.15, -0.1) is 0 Å². The van der Waals surface area contributed by atoms with Gasteiger partial charge in [0.1, 0.15) is 11.7 Å². The quantitative estimate of drug-likeness (QED) is 0.364. The smallest absolute Gasteiger partial charge is 0.302 e. The van der Waals surface area contributed by atoms with E-state index in [9.17, 15) is 20.1 Å². The fourth-order valence-corrected chi connectivity index (χ4v) is 8.86. The van der Waals surface area contributed by atoms with Crippen molar-refractivity contribution in [1.82, 2.24) is 0 Å². The van der Waals surface area contributed by atoms with Crippen LogP contribution in [0.1, 0.15) is 106 Å². The second-order valence-electron chi connectivity index (χ2n) is 13.1. The monoisotopic (exact) mass is 476 g/mol. The molecule has 3 fully saturated rings. The van der Waals surface area contributed by atoms with Gasteiger partial charge in [0.2, 0.25) is 0 Å². The summed E-state index contributed by atoms with van der Waals surface area (Å²) in [4.78, 5) is 11.5. The molecule has 5 heteroatoms. The standard InChI is InChI=1S/C29H48O5/c1-17(2)8-7-9-18(3)22-10-11-23-26-24(31)15-20-14-21(34-19(4)30)12-13-28(20,6)29(26,33)25(32)16-27(22,23)5/h17-18,20-22,24-25,31-33H,7-16H2,1-6H3/t18-,20?,21+,22-,24-,25-,27-,28+,29-/m1/s1. The van der Waals surface area contributed by atoms with E-state index >= 15 is 0 Å². The average molecular weight is 477 g/mol. The molecule has 0 aromatic carbocycles. The van der Waals surface area contributed by atoms with Crippen molar-refractivity contribution < 1.29 is 24.9 Å². The molecule has 0 aliphatic heterocycles. The highest BCUT2D eigenvalue weighted by Gasteiger charge is 2.68. The molecule has 3 N–H and O–H groups in total. The summed E-state index contributed by atoms with van der Waals surface area (Å²) in [5.41, 5.74) is -0.142. The third-order valence-electron chi connectivity index (χ3n) is 10.7. The molecule has 5 nitrogen and oxygen atoms in total. The molecule has 0 radical (unpaired) electrons. The van der Waals surface area contributed by atoms with E-state index in [4.69, 9.17) is 4.74 Å². The first kappa shape index (κ1) is 26.2. The highest BCUT2D eigenvalue weighted by molar-refractivity contribution is 5.66. The molecule has 0 aromatic heterocycles. The van der Waals surface area contributed by atoms with Gasteiger partial charge in [-0.05, 0) is 79.6 Å². The van der Waals surface area contributed by atoms with Crippen LogP contribution in [0.2, 0.25) is 0 Å². The number of hydrogen-bond donors (Lipinski definition) is 3. The lowest BCUT2D eigenvalue weighted by atomic mass is 9.45. The second kappa shape index (κ2) is 9.19. The molecule has 34 heavy (non-hydrogen) atoms. The summed E-state index contributed by atoms with van der Waals surface area (Å²) >= 11 is 0. The van der Waals surface area contributed by atoms with Crippen molar-refractivity contribution in [3.05, 3.63) is 11.1 Å². The molecule has 0 amide bonds. The van der Waals surface area contributed by atoms with Crippen molar-refractivity contribution >= 4 is 5.97 Å². The van der Waals surface area contributed by atoms with Gasteiger partial charge in [0.25, 0.3) is 0 Å². The minimum Gasteiger partial charge on any atom is -0.463 e. The van der Waals surface area contributed by atoms with Gasteiger partial charge in [-0.2, -0.15) is 0 Å². The molecule has 194 valence electrons. The van der Waals surface area contributed by atoms with E-state index in [-0.39, 0.29) is 23.4 Å². The maximum absolute atomic E-state index is 12.4. The molecule has 0 saturated heterocycles. The second-order valence-corrected chi connectivity index (χ2v) is 13.1. The van der Waals surface area contributed by atoms with Crippen molar-refractivity contribution in [2.45, 2.75) is 130 Å². The van der Waals surface area contributed by atoms with Crippen LogP contribution in [-0.2, 0) is 9.53 Å². The Bertz CT molecular complexity index is 819. The fraction of sp³-hybridized carbons (Fsp3) is 0.897. The van der Waals surface area contributed by atoms with Crippen LogP contribution < -0.4 is 0 Å². The lowest BCUT2D eigenvalue weighted by Gasteiger charge is -2.63. The first-order valence-corrected chi connectivity index (χ1v) is 13.8. The number of aliphatic hydroxyl groups is 3. The Morgan fingerprint density at radius 2 is 1.82 bits per heavy atom. The number of carbonyl (C=O) groups is 1. The Labute approximate surface area is 206 Å². The van der Waals surface area contributed by atoms with E-state index in [1.54, 1.807) is 0 Å². The molecule has 0 spiro atoms. The van der Waals surface area contributed by atoms with Gasteiger partial charge in [-0.1, -0.05) is 59.5 Å². The largest absolute Gasteiger partial charge is 0.463 e. The van der Waals surface area contributed by atoms with Crippen LogP contribution in [-0.4, -0.2) is 45.2 Å². The van der Waals surface area contributed by atoms with Crippen molar-refractivity contribution in [1.29, 1.82) is 0 Å². The number of fused-ring (bicyclic) bond motifs is 4. The number of rotatable bonds is 6. The van der Waals surface area contributed by atoms with Crippen LogP contribution in [0.3, 0.4) is 0 Å². The molecule has 1 unspecified atom stereocenters. The summed E-state index contributed by atoms with van der Waals surface area (Å²) in [6, 6.07) is 0. The van der Waals surface area contributed by atoms with Crippen LogP contribution in [0.15, 0.2) is 11.1 Å². The summed E-state index contributed by atoms with van der Waals surface area (Å²) in [5, 5.41) is 35.5. The normalized spacial score (nSPS) is 44.9. The van der Waals surface area contributed by atoms with E-state index in [1.807, 2.05) is 0 Å². The lowest BCUT2D eigenvalue weighted by Crippen LogP contribution is -2.68. The molecular formula is C29H48O5. The maximum atomic E-state index is 12.4. The molecule has 4 aliphatic carbocycles. The van der Waals surface area contributed by atoms with Crippen LogP contribution in [0.25, 0.3) is 0 Å². The molecule has 0 aromatic rings. The highest BCUT2D eigenvalue weighted by atomic mass is 16.5. The third kappa shape index (κ3) is 3.98. The molecule has 4 aliphatic rings. The minimum atomic E-state index is -1.42. The molecule has 0 heterocycles. The molecule has 0 bridgehead atoms. The number of esters is 1. The Morgan fingerprint density at radius 3 is 2.47 bits per heavy atom. The van der Waals surface area contributed by atoms with E-state index < -0.39 is 23.2 Å². The van der Waals surface area contributed by atoms with Gasteiger partial charge >= 0.3 is 5.97 Å². The van der Waals surface area contributed by atoms with Crippen LogP contribution in [0, 0.1) is 34.5 Å². The van der Waals surface area contributed by atoms with Crippen molar-refractivity contribution in [2.75, 3.05) is 0 Å². The van der Waals surface area contributed by atoms with Gasteiger partial charge in [-0.3, -0.25) is 4.79 Å². The van der Waals surface area contributed by atoms with Crippen LogP contribution in [0.5, 0.6) is 0 Å².